The highest BCUT2D eigenvalue weighted by atomic mass is 35.5. The van der Waals surface area contributed by atoms with Crippen molar-refractivity contribution in [3.05, 3.63) is 71.3 Å². The Morgan fingerprint density at radius 2 is 1.62 bits per heavy atom. The summed E-state index contributed by atoms with van der Waals surface area (Å²) in [6, 6.07) is 15.5. The Bertz CT molecular complexity index is 1150. The number of rotatable bonds is 11. The van der Waals surface area contributed by atoms with Gasteiger partial charge in [-0.25, -0.2) is 9.59 Å². The van der Waals surface area contributed by atoms with Gasteiger partial charge in [-0.1, -0.05) is 55.8 Å². The van der Waals surface area contributed by atoms with Gasteiger partial charge in [0, 0.05) is 43.4 Å². The highest BCUT2D eigenvalue weighted by Gasteiger charge is 2.42. The molecule has 0 aromatic heterocycles. The Hall–Kier alpha value is -3.40. The van der Waals surface area contributed by atoms with E-state index in [4.69, 9.17) is 26.6 Å². The standard InChI is InChI=1S/C26H35ClN2O3.C4H4O4/c1-4-16-29(23-11-7-8-12-24(23)32-3)25(30)20(2)26(31)14-18-28(19-15-26)17-13-21-9-5-6-10-22(21)27;5-3(6)1-2-4(7)8/h5-12,20,31H,4,13-19H2,1-3H3;1-2H,(H,5,6)(H,7,8)/b;2-1+. The smallest absolute Gasteiger partial charge is 0.328 e. The number of nitrogens with zero attached hydrogens (tertiary/aromatic N) is 2. The van der Waals surface area contributed by atoms with Crippen LogP contribution in [0.5, 0.6) is 5.75 Å². The fourth-order valence-electron chi connectivity index (χ4n) is 4.61. The Labute approximate surface area is 240 Å². The number of likely N-dealkylation sites (tertiary alicyclic amines) is 1. The number of carboxylic acids is 2. The minimum atomic E-state index is -1.26. The van der Waals surface area contributed by atoms with Gasteiger partial charge in [-0.15, -0.1) is 0 Å². The number of halogens is 1. The Morgan fingerprint density at radius 1 is 1.05 bits per heavy atom. The van der Waals surface area contributed by atoms with Gasteiger partial charge in [0.05, 0.1) is 24.3 Å². The van der Waals surface area contributed by atoms with Gasteiger partial charge in [-0.2, -0.15) is 0 Å². The number of benzene rings is 2. The maximum absolute atomic E-state index is 13.5. The number of carbonyl (C=O) groups excluding carboxylic acids is 1. The molecule has 2 aromatic rings. The lowest BCUT2D eigenvalue weighted by atomic mass is 9.79. The molecular weight excluding hydrogens is 536 g/mol. The SMILES string of the molecule is CCCN(C(=O)C(C)C1(O)CCN(CCc2ccccc2Cl)CC1)c1ccccc1OC.O=C(O)/C=C/C(=O)O. The summed E-state index contributed by atoms with van der Waals surface area (Å²) < 4.78 is 5.49. The number of carbonyl (C=O) groups is 3. The van der Waals surface area contributed by atoms with Crippen molar-refractivity contribution in [2.45, 2.75) is 45.1 Å². The second-order valence-corrected chi connectivity index (χ2v) is 10.1. The van der Waals surface area contributed by atoms with Gasteiger partial charge in [-0.3, -0.25) is 4.79 Å². The molecule has 1 heterocycles. The molecule has 3 rings (SSSR count). The van der Waals surface area contributed by atoms with Crippen molar-refractivity contribution in [1.82, 2.24) is 4.90 Å². The second kappa shape index (κ2) is 16.0. The molecule has 0 saturated carbocycles. The molecule has 0 radical (unpaired) electrons. The molecule has 9 nitrogen and oxygen atoms in total. The maximum atomic E-state index is 13.5. The van der Waals surface area contributed by atoms with Gasteiger partial charge in [0.1, 0.15) is 5.75 Å². The molecule has 0 aliphatic carbocycles. The molecular formula is C30H39ClN2O7. The van der Waals surface area contributed by atoms with E-state index in [-0.39, 0.29) is 5.91 Å². The minimum Gasteiger partial charge on any atom is -0.495 e. The Morgan fingerprint density at radius 3 is 2.17 bits per heavy atom. The first-order chi connectivity index (χ1) is 19.0. The highest BCUT2D eigenvalue weighted by Crippen LogP contribution is 2.35. The van der Waals surface area contributed by atoms with E-state index in [1.54, 1.807) is 12.0 Å². The van der Waals surface area contributed by atoms with Crippen molar-refractivity contribution in [1.29, 1.82) is 0 Å². The first-order valence-electron chi connectivity index (χ1n) is 13.3. The number of aliphatic carboxylic acids is 2. The van der Waals surface area contributed by atoms with Crippen LogP contribution in [-0.2, 0) is 20.8 Å². The molecule has 40 heavy (non-hydrogen) atoms. The maximum Gasteiger partial charge on any atom is 0.328 e. The summed E-state index contributed by atoms with van der Waals surface area (Å²) in [7, 11) is 1.61. The lowest BCUT2D eigenvalue weighted by molar-refractivity contribution is -0.135. The number of aliphatic hydroxyl groups is 1. The number of para-hydroxylation sites is 2. The van der Waals surface area contributed by atoms with E-state index in [1.165, 1.54) is 0 Å². The van der Waals surface area contributed by atoms with Crippen LogP contribution < -0.4 is 9.64 Å². The Kier molecular flexibility index (Phi) is 13.1. The molecule has 1 amide bonds. The number of hydrogen-bond donors (Lipinski definition) is 3. The van der Waals surface area contributed by atoms with Gasteiger partial charge >= 0.3 is 11.9 Å². The number of methoxy groups -OCH3 is 1. The summed E-state index contributed by atoms with van der Waals surface area (Å²) in [5, 5.41) is 27.8. The van der Waals surface area contributed by atoms with Gasteiger partial charge in [0.25, 0.3) is 0 Å². The van der Waals surface area contributed by atoms with Gasteiger partial charge < -0.3 is 29.9 Å². The predicted octanol–water partition coefficient (Wildman–Crippen LogP) is 4.51. The van der Waals surface area contributed by atoms with Crippen LogP contribution in [0.1, 0.15) is 38.7 Å². The molecule has 0 spiro atoms. The molecule has 1 fully saturated rings. The number of amides is 1. The van der Waals surface area contributed by atoms with E-state index in [0.29, 0.717) is 37.3 Å². The van der Waals surface area contributed by atoms with Crippen molar-refractivity contribution in [2.75, 3.05) is 38.2 Å². The fourth-order valence-corrected chi connectivity index (χ4v) is 4.84. The van der Waals surface area contributed by atoms with Crippen LogP contribution in [0, 0.1) is 5.92 Å². The van der Waals surface area contributed by atoms with Crippen molar-refractivity contribution < 1.29 is 34.4 Å². The summed E-state index contributed by atoms with van der Waals surface area (Å²) >= 11 is 6.28. The van der Waals surface area contributed by atoms with Crippen molar-refractivity contribution in [3.63, 3.8) is 0 Å². The van der Waals surface area contributed by atoms with Gasteiger partial charge in [-0.05, 0) is 49.4 Å². The van der Waals surface area contributed by atoms with Crippen molar-refractivity contribution in [2.24, 2.45) is 5.92 Å². The highest BCUT2D eigenvalue weighted by molar-refractivity contribution is 6.31. The monoisotopic (exact) mass is 574 g/mol. The quantitative estimate of drug-likeness (QED) is 0.335. The van der Waals surface area contributed by atoms with E-state index in [2.05, 4.69) is 11.0 Å². The summed E-state index contributed by atoms with van der Waals surface area (Å²) in [5.41, 5.74) is 0.895. The minimum absolute atomic E-state index is 0.0524. The number of ether oxygens (including phenoxy) is 1. The van der Waals surface area contributed by atoms with Crippen LogP contribution >= 0.6 is 11.6 Å². The number of piperidine rings is 1. The summed E-state index contributed by atoms with van der Waals surface area (Å²) in [4.78, 5) is 36.7. The largest absolute Gasteiger partial charge is 0.495 e. The number of carboxylic acid groups (broad SMARTS) is 2. The van der Waals surface area contributed by atoms with Crippen molar-refractivity contribution >= 4 is 35.1 Å². The molecule has 3 N–H and O–H groups in total. The molecule has 1 aliphatic heterocycles. The predicted molar refractivity (Wildman–Crippen MR) is 155 cm³/mol. The molecule has 2 aromatic carbocycles. The van der Waals surface area contributed by atoms with E-state index in [0.717, 1.165) is 48.7 Å². The molecule has 1 atom stereocenters. The zero-order chi connectivity index (χ0) is 29.7. The zero-order valence-corrected chi connectivity index (χ0v) is 24.0. The van der Waals surface area contributed by atoms with Gasteiger partial charge in [0.15, 0.2) is 0 Å². The normalized spacial score (nSPS) is 15.5. The van der Waals surface area contributed by atoms with Crippen LogP contribution in [0.25, 0.3) is 0 Å². The van der Waals surface area contributed by atoms with Gasteiger partial charge in [0.2, 0.25) is 5.91 Å². The number of anilines is 1. The summed E-state index contributed by atoms with van der Waals surface area (Å²) in [6.45, 7) is 6.92. The van der Waals surface area contributed by atoms with E-state index in [1.807, 2.05) is 56.3 Å². The first kappa shape index (κ1) is 32.8. The zero-order valence-electron chi connectivity index (χ0n) is 23.3. The lowest BCUT2D eigenvalue weighted by Crippen LogP contribution is -2.53. The second-order valence-electron chi connectivity index (χ2n) is 9.68. The molecule has 1 aliphatic rings. The van der Waals surface area contributed by atoms with Crippen LogP contribution in [0.2, 0.25) is 5.02 Å². The van der Waals surface area contributed by atoms with Crippen molar-refractivity contribution in [3.8, 4) is 5.75 Å². The molecule has 10 heteroatoms. The number of hydrogen-bond acceptors (Lipinski definition) is 6. The third kappa shape index (κ3) is 9.66. The third-order valence-corrected chi connectivity index (χ3v) is 7.38. The molecule has 1 unspecified atom stereocenters. The van der Waals surface area contributed by atoms with Crippen LogP contribution in [0.3, 0.4) is 0 Å². The molecule has 1 saturated heterocycles. The molecule has 218 valence electrons. The molecule has 0 bridgehead atoms. The van der Waals surface area contributed by atoms with E-state index >= 15 is 0 Å². The average molecular weight is 575 g/mol. The summed E-state index contributed by atoms with van der Waals surface area (Å²) in [6.07, 6.45) is 3.97. The Balaban J connectivity index is 0.000000611. The van der Waals surface area contributed by atoms with E-state index < -0.39 is 23.5 Å². The van der Waals surface area contributed by atoms with Crippen LogP contribution in [0.4, 0.5) is 5.69 Å². The fraction of sp³-hybridized carbons (Fsp3) is 0.433. The van der Waals surface area contributed by atoms with Crippen LogP contribution in [-0.4, -0.2) is 77.0 Å². The first-order valence-corrected chi connectivity index (χ1v) is 13.7. The third-order valence-electron chi connectivity index (χ3n) is 7.01. The topological polar surface area (TPSA) is 128 Å². The lowest BCUT2D eigenvalue weighted by Gasteiger charge is -2.42. The van der Waals surface area contributed by atoms with Crippen LogP contribution in [0.15, 0.2) is 60.7 Å². The average Bonchev–Trinajstić information content (AvgIpc) is 2.95. The summed E-state index contributed by atoms with van der Waals surface area (Å²) in [5.74, 6) is -2.39. The van der Waals surface area contributed by atoms with E-state index in [9.17, 15) is 19.5 Å².